The summed E-state index contributed by atoms with van der Waals surface area (Å²) >= 11 is 0. The molecule has 0 spiro atoms. The molecule has 1 aromatic rings. The molecule has 2 amide bonds. The highest BCUT2D eigenvalue weighted by molar-refractivity contribution is 5.91. The Bertz CT molecular complexity index is 694. The van der Waals surface area contributed by atoms with Crippen LogP contribution in [0.25, 0.3) is 0 Å². The van der Waals surface area contributed by atoms with E-state index in [9.17, 15) is 4.79 Å². The van der Waals surface area contributed by atoms with E-state index < -0.39 is 0 Å². The van der Waals surface area contributed by atoms with Crippen molar-refractivity contribution in [2.45, 2.75) is 38.7 Å². The number of likely N-dealkylation sites (tertiary alicyclic amines) is 1. The first-order valence-corrected chi connectivity index (χ1v) is 10.1. The van der Waals surface area contributed by atoms with Gasteiger partial charge in [0.15, 0.2) is 0 Å². The van der Waals surface area contributed by atoms with E-state index in [1.807, 2.05) is 17.0 Å². The van der Waals surface area contributed by atoms with Crippen LogP contribution in [0.2, 0.25) is 0 Å². The lowest BCUT2D eigenvalue weighted by Gasteiger charge is -2.39. The molecular weight excluding hydrogens is 342 g/mol. The quantitative estimate of drug-likeness (QED) is 0.880. The zero-order valence-corrected chi connectivity index (χ0v) is 16.7. The molecular formula is C21H31N3O3. The summed E-state index contributed by atoms with van der Waals surface area (Å²) in [4.78, 5) is 17.0. The molecule has 6 nitrogen and oxygen atoms in total. The van der Waals surface area contributed by atoms with Crippen LogP contribution in [-0.2, 0) is 4.74 Å². The Hall–Kier alpha value is -1.95. The van der Waals surface area contributed by atoms with Gasteiger partial charge in [0.25, 0.3) is 0 Å². The van der Waals surface area contributed by atoms with Gasteiger partial charge in [-0.3, -0.25) is 0 Å². The number of hydrogen-bond donors (Lipinski definition) is 1. The van der Waals surface area contributed by atoms with Crippen molar-refractivity contribution in [3.63, 3.8) is 0 Å². The van der Waals surface area contributed by atoms with Gasteiger partial charge in [0.2, 0.25) is 0 Å². The summed E-state index contributed by atoms with van der Waals surface area (Å²) in [5.41, 5.74) is 1.67. The Morgan fingerprint density at radius 2 is 2.00 bits per heavy atom. The van der Waals surface area contributed by atoms with Crippen molar-refractivity contribution in [1.29, 1.82) is 0 Å². The highest BCUT2D eigenvalue weighted by Gasteiger charge is 2.38. The number of morpholine rings is 1. The Balaban J connectivity index is 1.44. The van der Waals surface area contributed by atoms with Gasteiger partial charge in [0, 0.05) is 37.9 Å². The largest absolute Gasteiger partial charge is 0.494 e. The van der Waals surface area contributed by atoms with Crippen LogP contribution in [0.1, 0.15) is 33.1 Å². The molecule has 2 saturated heterocycles. The molecule has 3 fully saturated rings. The van der Waals surface area contributed by atoms with Crippen molar-refractivity contribution in [1.82, 2.24) is 4.90 Å². The Morgan fingerprint density at radius 3 is 2.67 bits per heavy atom. The molecule has 148 valence electrons. The Morgan fingerprint density at radius 1 is 1.26 bits per heavy atom. The second-order valence-corrected chi connectivity index (χ2v) is 8.70. The first-order valence-electron chi connectivity index (χ1n) is 10.1. The minimum absolute atomic E-state index is 0.0112. The van der Waals surface area contributed by atoms with E-state index in [1.54, 1.807) is 7.11 Å². The van der Waals surface area contributed by atoms with Gasteiger partial charge in [-0.25, -0.2) is 4.79 Å². The summed E-state index contributed by atoms with van der Waals surface area (Å²) < 4.78 is 11.4. The van der Waals surface area contributed by atoms with Crippen LogP contribution in [0.4, 0.5) is 16.2 Å². The molecule has 6 heteroatoms. The van der Waals surface area contributed by atoms with E-state index in [2.05, 4.69) is 30.1 Å². The number of amides is 2. The van der Waals surface area contributed by atoms with Crippen LogP contribution in [-0.4, -0.2) is 56.4 Å². The van der Waals surface area contributed by atoms with Crippen molar-refractivity contribution >= 4 is 17.4 Å². The fraction of sp³-hybridized carbons (Fsp3) is 0.667. The summed E-state index contributed by atoms with van der Waals surface area (Å²) in [6, 6.07) is 6.00. The van der Waals surface area contributed by atoms with Crippen LogP contribution in [0.5, 0.6) is 5.75 Å². The molecule has 27 heavy (non-hydrogen) atoms. The number of rotatable bonds is 3. The molecule has 0 unspecified atom stereocenters. The van der Waals surface area contributed by atoms with Crippen molar-refractivity contribution in [2.75, 3.05) is 50.1 Å². The van der Waals surface area contributed by atoms with Crippen molar-refractivity contribution in [2.24, 2.45) is 11.8 Å². The molecule has 2 heterocycles. The summed E-state index contributed by atoms with van der Waals surface area (Å²) in [6.07, 6.45) is 3.85. The maximum absolute atomic E-state index is 12.7. The fourth-order valence-electron chi connectivity index (χ4n) is 4.81. The fourth-order valence-corrected chi connectivity index (χ4v) is 4.81. The molecule has 0 radical (unpaired) electrons. The number of nitrogens with one attached hydrogen (secondary N) is 1. The molecule has 1 saturated carbocycles. The van der Waals surface area contributed by atoms with Gasteiger partial charge in [-0.2, -0.15) is 0 Å². The third-order valence-electron chi connectivity index (χ3n) is 6.23. The lowest BCUT2D eigenvalue weighted by molar-refractivity contribution is -0.0277. The highest BCUT2D eigenvalue weighted by atomic mass is 16.5. The van der Waals surface area contributed by atoms with Gasteiger partial charge >= 0.3 is 6.03 Å². The number of hydrogen-bond acceptors (Lipinski definition) is 4. The average Bonchev–Trinajstić information content (AvgIpc) is 3.23. The number of carbonyl (C=O) groups excluding carboxylic acids is 1. The van der Waals surface area contributed by atoms with Gasteiger partial charge in [-0.15, -0.1) is 0 Å². The van der Waals surface area contributed by atoms with E-state index in [0.29, 0.717) is 24.2 Å². The topological polar surface area (TPSA) is 54.0 Å². The van der Waals surface area contributed by atoms with Gasteiger partial charge in [0.1, 0.15) is 5.75 Å². The van der Waals surface area contributed by atoms with Crippen molar-refractivity contribution in [3.05, 3.63) is 18.2 Å². The summed E-state index contributed by atoms with van der Waals surface area (Å²) in [6.45, 7) is 8.39. The predicted octanol–water partition coefficient (Wildman–Crippen LogP) is 3.57. The number of methoxy groups -OCH3 is 1. The van der Waals surface area contributed by atoms with Gasteiger partial charge in [-0.05, 0) is 50.7 Å². The normalized spacial score (nSPS) is 26.8. The minimum Gasteiger partial charge on any atom is -0.494 e. The zero-order valence-electron chi connectivity index (χ0n) is 16.7. The number of ether oxygens (including phenoxy) is 2. The number of benzene rings is 1. The van der Waals surface area contributed by atoms with Gasteiger partial charge < -0.3 is 24.6 Å². The summed E-state index contributed by atoms with van der Waals surface area (Å²) in [7, 11) is 1.65. The van der Waals surface area contributed by atoms with Crippen LogP contribution in [0, 0.1) is 11.8 Å². The van der Waals surface area contributed by atoms with Crippen LogP contribution in [0.15, 0.2) is 18.2 Å². The monoisotopic (exact) mass is 373 g/mol. The SMILES string of the molecule is COc1cc(N2CCOC(C)(C)C2)ccc1NC(=O)N1C[C@H]2CCC[C@H]2C1. The Kier molecular flexibility index (Phi) is 4.93. The minimum atomic E-state index is -0.161. The Labute approximate surface area is 161 Å². The second kappa shape index (κ2) is 7.23. The molecule has 1 N–H and O–H groups in total. The van der Waals surface area contributed by atoms with E-state index >= 15 is 0 Å². The maximum atomic E-state index is 12.7. The average molecular weight is 373 g/mol. The second-order valence-electron chi connectivity index (χ2n) is 8.70. The number of carbonyl (C=O) groups is 1. The molecule has 0 aromatic heterocycles. The van der Waals surface area contributed by atoms with Crippen LogP contribution in [0.3, 0.4) is 0 Å². The number of nitrogens with zero attached hydrogens (tertiary/aromatic N) is 2. The maximum Gasteiger partial charge on any atom is 0.321 e. The zero-order chi connectivity index (χ0) is 19.0. The molecule has 3 aliphatic rings. The highest BCUT2D eigenvalue weighted by Crippen LogP contribution is 2.38. The molecule has 1 aromatic carbocycles. The van der Waals surface area contributed by atoms with Gasteiger partial charge in [-0.1, -0.05) is 6.42 Å². The molecule has 4 rings (SSSR count). The van der Waals surface area contributed by atoms with E-state index in [4.69, 9.17) is 9.47 Å². The third kappa shape index (κ3) is 3.86. The third-order valence-corrected chi connectivity index (χ3v) is 6.23. The first-order chi connectivity index (χ1) is 12.9. The number of anilines is 2. The summed E-state index contributed by atoms with van der Waals surface area (Å²) in [5.74, 6) is 2.10. The number of urea groups is 1. The number of fused-ring (bicyclic) bond motifs is 1. The molecule has 2 aliphatic heterocycles. The van der Waals surface area contributed by atoms with Crippen molar-refractivity contribution < 1.29 is 14.3 Å². The lowest BCUT2D eigenvalue weighted by Crippen LogP contribution is -2.48. The molecule has 0 bridgehead atoms. The van der Waals surface area contributed by atoms with E-state index in [0.717, 1.165) is 37.6 Å². The van der Waals surface area contributed by atoms with Crippen molar-refractivity contribution in [3.8, 4) is 5.75 Å². The summed E-state index contributed by atoms with van der Waals surface area (Å²) in [5, 5.41) is 3.06. The molecule has 2 atom stereocenters. The van der Waals surface area contributed by atoms with Gasteiger partial charge in [0.05, 0.1) is 25.0 Å². The standard InChI is InChI=1S/C21H31N3O3/c1-21(2)14-23(9-10-27-21)17-7-8-18(19(11-17)26-3)22-20(25)24-12-15-5-4-6-16(15)13-24/h7-8,11,15-16H,4-6,9-10,12-14H2,1-3H3,(H,22,25)/t15-,16+. The van der Waals surface area contributed by atoms with E-state index in [-0.39, 0.29) is 11.6 Å². The van der Waals surface area contributed by atoms with Crippen LogP contribution < -0.4 is 15.0 Å². The van der Waals surface area contributed by atoms with E-state index in [1.165, 1.54) is 19.3 Å². The van der Waals surface area contributed by atoms with Crippen LogP contribution >= 0.6 is 0 Å². The lowest BCUT2D eigenvalue weighted by atomic mass is 10.0. The first kappa shape index (κ1) is 18.4. The smallest absolute Gasteiger partial charge is 0.321 e. The molecule has 1 aliphatic carbocycles. The predicted molar refractivity (Wildman–Crippen MR) is 107 cm³/mol.